The number of anilines is 1. The van der Waals surface area contributed by atoms with Gasteiger partial charge in [0.05, 0.1) is 23.9 Å². The van der Waals surface area contributed by atoms with Crippen LogP contribution in [-0.4, -0.2) is 40.2 Å². The molecule has 0 unspecified atom stereocenters. The number of imidazole rings is 1. The van der Waals surface area contributed by atoms with E-state index in [0.717, 1.165) is 11.3 Å². The van der Waals surface area contributed by atoms with E-state index in [4.69, 9.17) is 4.74 Å². The van der Waals surface area contributed by atoms with E-state index in [1.165, 1.54) is 30.6 Å². The average Bonchev–Trinajstić information content (AvgIpc) is 3.40. The number of aromatic hydroxyl groups is 1. The van der Waals surface area contributed by atoms with Crippen LogP contribution in [0.15, 0.2) is 78.0 Å². The molecule has 11 heteroatoms. The topological polar surface area (TPSA) is 119 Å². The van der Waals surface area contributed by atoms with Crippen LogP contribution in [-0.2, 0) is 10.0 Å². The number of nitrogens with zero attached hydrogens (tertiary/aromatic N) is 4. The first-order chi connectivity index (χ1) is 15.9. The summed E-state index contributed by atoms with van der Waals surface area (Å²) >= 11 is 1.33. The van der Waals surface area contributed by atoms with Crippen molar-refractivity contribution >= 4 is 32.0 Å². The summed E-state index contributed by atoms with van der Waals surface area (Å²) in [5.41, 5.74) is 2.28. The Hall–Kier alpha value is -3.96. The fraction of sp³-hybridized carbons (Fsp3) is 0.0455. The molecule has 0 radical (unpaired) electrons. The number of rotatable bonds is 6. The predicted octanol–water partition coefficient (Wildman–Crippen LogP) is 4.03. The third kappa shape index (κ3) is 3.99. The maximum Gasteiger partial charge on any atom is 0.262 e. The third-order valence-corrected chi connectivity index (χ3v) is 7.17. The quantitative estimate of drug-likeness (QED) is 0.377. The Bertz CT molecular complexity index is 1560. The van der Waals surface area contributed by atoms with E-state index in [-0.39, 0.29) is 22.2 Å². The monoisotopic (exact) mass is 479 g/mol. The van der Waals surface area contributed by atoms with E-state index in [1.807, 2.05) is 6.07 Å². The lowest BCUT2D eigenvalue weighted by Gasteiger charge is -2.12. The van der Waals surface area contributed by atoms with Crippen LogP contribution in [0.2, 0.25) is 0 Å². The summed E-state index contributed by atoms with van der Waals surface area (Å²) in [6, 6.07) is 16.5. The molecule has 2 aromatic carbocycles. The Morgan fingerprint density at radius 3 is 2.58 bits per heavy atom. The van der Waals surface area contributed by atoms with Crippen LogP contribution in [0, 0.1) is 0 Å². The number of hydrogen-bond donors (Lipinski definition) is 2. The highest BCUT2D eigenvalue weighted by Gasteiger charge is 2.19. The molecule has 9 nitrogen and oxygen atoms in total. The van der Waals surface area contributed by atoms with Gasteiger partial charge in [-0.15, -0.1) is 0 Å². The van der Waals surface area contributed by atoms with Crippen molar-refractivity contribution in [1.82, 2.24) is 19.6 Å². The van der Waals surface area contributed by atoms with Gasteiger partial charge >= 0.3 is 0 Å². The smallest absolute Gasteiger partial charge is 0.262 e. The maximum atomic E-state index is 12.8. The van der Waals surface area contributed by atoms with Crippen molar-refractivity contribution < 1.29 is 18.3 Å². The summed E-state index contributed by atoms with van der Waals surface area (Å²) in [6.07, 6.45) is 3.24. The predicted molar refractivity (Wildman–Crippen MR) is 125 cm³/mol. The number of hydrogen-bond acceptors (Lipinski definition) is 8. The zero-order chi connectivity index (χ0) is 23.0. The Morgan fingerprint density at radius 1 is 1.00 bits per heavy atom. The molecule has 0 spiro atoms. The van der Waals surface area contributed by atoms with Gasteiger partial charge in [-0.25, -0.2) is 22.9 Å². The SMILES string of the molecule is COc1ncc(-c2nn3c(-c4cccc(O)c4)cnc3s2)cc1NS(=O)(=O)c1ccccc1. The maximum absolute atomic E-state index is 12.8. The summed E-state index contributed by atoms with van der Waals surface area (Å²) in [5.74, 6) is 0.285. The number of phenols is 1. The fourth-order valence-electron chi connectivity index (χ4n) is 3.28. The molecule has 3 aromatic heterocycles. The highest BCUT2D eigenvalue weighted by Crippen LogP contribution is 2.34. The molecule has 5 aromatic rings. The van der Waals surface area contributed by atoms with Gasteiger partial charge < -0.3 is 9.84 Å². The van der Waals surface area contributed by atoms with Gasteiger partial charge in [0.25, 0.3) is 10.0 Å². The fourth-order valence-corrected chi connectivity index (χ4v) is 5.20. The van der Waals surface area contributed by atoms with Crippen LogP contribution in [0.25, 0.3) is 26.8 Å². The normalized spacial score (nSPS) is 11.5. The summed E-state index contributed by atoms with van der Waals surface area (Å²) in [7, 11) is -2.42. The standard InChI is InChI=1S/C22H17N5O4S2/c1-31-20-18(26-33(29,30)17-8-3-2-4-9-17)11-15(12-23-20)21-25-27-19(13-24-22(27)32-21)14-6-5-7-16(28)10-14/h2-13,26,28H,1H3. The Morgan fingerprint density at radius 2 is 1.82 bits per heavy atom. The van der Waals surface area contributed by atoms with Crippen molar-refractivity contribution in [3.8, 4) is 33.5 Å². The van der Waals surface area contributed by atoms with Crippen LogP contribution >= 0.6 is 11.3 Å². The second-order valence-electron chi connectivity index (χ2n) is 6.99. The van der Waals surface area contributed by atoms with Crippen molar-refractivity contribution in [2.75, 3.05) is 11.8 Å². The number of pyridine rings is 1. The van der Waals surface area contributed by atoms with E-state index < -0.39 is 10.0 Å². The van der Waals surface area contributed by atoms with Gasteiger partial charge in [-0.3, -0.25) is 4.72 Å². The molecule has 0 bridgehead atoms. The first-order valence-corrected chi connectivity index (χ1v) is 12.0. The van der Waals surface area contributed by atoms with E-state index in [1.54, 1.807) is 59.4 Å². The van der Waals surface area contributed by atoms with Gasteiger partial charge in [0, 0.05) is 17.3 Å². The van der Waals surface area contributed by atoms with Gasteiger partial charge in [-0.05, 0) is 30.3 Å². The Labute approximate surface area is 193 Å². The lowest BCUT2D eigenvalue weighted by molar-refractivity contribution is 0.400. The van der Waals surface area contributed by atoms with E-state index >= 15 is 0 Å². The van der Waals surface area contributed by atoms with Gasteiger partial charge in [-0.1, -0.05) is 41.7 Å². The van der Waals surface area contributed by atoms with Gasteiger partial charge in [0.15, 0.2) is 0 Å². The first-order valence-electron chi connectivity index (χ1n) is 9.71. The molecule has 0 saturated heterocycles. The molecule has 0 saturated carbocycles. The van der Waals surface area contributed by atoms with Crippen molar-refractivity contribution in [2.24, 2.45) is 0 Å². The number of aromatic nitrogens is 4. The number of methoxy groups -OCH3 is 1. The molecular formula is C22H17N5O4S2. The van der Waals surface area contributed by atoms with Gasteiger partial charge in [0.1, 0.15) is 16.4 Å². The highest BCUT2D eigenvalue weighted by atomic mass is 32.2. The number of sulfonamides is 1. The minimum absolute atomic E-state index is 0.126. The van der Waals surface area contributed by atoms with Crippen LogP contribution in [0.1, 0.15) is 0 Å². The zero-order valence-electron chi connectivity index (χ0n) is 17.2. The molecule has 3 heterocycles. The molecule has 5 rings (SSSR count). The van der Waals surface area contributed by atoms with Crippen LogP contribution in [0.4, 0.5) is 5.69 Å². The van der Waals surface area contributed by atoms with Crippen LogP contribution in [0.5, 0.6) is 11.6 Å². The summed E-state index contributed by atoms with van der Waals surface area (Å²) < 4.78 is 35.1. The van der Waals surface area contributed by atoms with Gasteiger partial charge in [0.2, 0.25) is 10.8 Å². The second-order valence-corrected chi connectivity index (χ2v) is 9.63. The Kier molecular flexibility index (Phi) is 5.19. The minimum Gasteiger partial charge on any atom is -0.508 e. The molecule has 2 N–H and O–H groups in total. The van der Waals surface area contributed by atoms with Crippen molar-refractivity contribution in [3.05, 3.63) is 73.1 Å². The first kappa shape index (κ1) is 20.9. The molecule has 0 aliphatic heterocycles. The molecule has 0 aliphatic rings. The van der Waals surface area contributed by atoms with Crippen molar-refractivity contribution in [3.63, 3.8) is 0 Å². The molecule has 0 amide bonds. The number of fused-ring (bicyclic) bond motifs is 1. The average molecular weight is 480 g/mol. The van der Waals surface area contributed by atoms with Crippen molar-refractivity contribution in [1.29, 1.82) is 0 Å². The van der Waals surface area contributed by atoms with E-state index in [2.05, 4.69) is 19.8 Å². The molecule has 0 aliphatic carbocycles. The molecule has 166 valence electrons. The molecule has 33 heavy (non-hydrogen) atoms. The van der Waals surface area contributed by atoms with Gasteiger partial charge in [-0.2, -0.15) is 5.10 Å². The zero-order valence-corrected chi connectivity index (χ0v) is 18.8. The van der Waals surface area contributed by atoms with E-state index in [9.17, 15) is 13.5 Å². The second kappa shape index (κ2) is 8.19. The summed E-state index contributed by atoms with van der Waals surface area (Å²) in [6.45, 7) is 0. The molecule has 0 atom stereocenters. The summed E-state index contributed by atoms with van der Waals surface area (Å²) in [4.78, 5) is 9.43. The lowest BCUT2D eigenvalue weighted by Crippen LogP contribution is -2.14. The summed E-state index contributed by atoms with van der Waals surface area (Å²) in [5, 5.41) is 15.0. The molecular weight excluding hydrogens is 462 g/mol. The van der Waals surface area contributed by atoms with E-state index in [0.29, 0.717) is 15.5 Å². The minimum atomic E-state index is -3.83. The largest absolute Gasteiger partial charge is 0.508 e. The highest BCUT2D eigenvalue weighted by molar-refractivity contribution is 7.92. The number of ether oxygens (including phenoxy) is 1. The van der Waals surface area contributed by atoms with Crippen LogP contribution in [0.3, 0.4) is 0 Å². The number of nitrogens with one attached hydrogen (secondary N) is 1. The molecule has 0 fully saturated rings. The van der Waals surface area contributed by atoms with Crippen molar-refractivity contribution in [2.45, 2.75) is 4.90 Å². The Balaban J connectivity index is 1.54. The lowest BCUT2D eigenvalue weighted by atomic mass is 10.1. The van der Waals surface area contributed by atoms with Crippen LogP contribution < -0.4 is 9.46 Å². The third-order valence-electron chi connectivity index (χ3n) is 4.82. The number of benzene rings is 2. The number of phenolic OH excluding ortho intramolecular Hbond substituents is 1.